The summed E-state index contributed by atoms with van der Waals surface area (Å²) in [6.07, 6.45) is 4.40. The van der Waals surface area contributed by atoms with Gasteiger partial charge in [-0.15, -0.1) is 0 Å². The molecule has 26 heavy (non-hydrogen) atoms. The van der Waals surface area contributed by atoms with Crippen molar-refractivity contribution in [2.45, 2.75) is 69.6 Å². The van der Waals surface area contributed by atoms with Gasteiger partial charge in [-0.2, -0.15) is 0 Å². The highest BCUT2D eigenvalue weighted by atomic mass is 16.5. The number of nitrogens with zero attached hydrogens (tertiary/aromatic N) is 1. The number of fused-ring (bicyclic) bond motifs is 2. The molecule has 1 aromatic carbocycles. The Morgan fingerprint density at radius 1 is 1.31 bits per heavy atom. The van der Waals surface area contributed by atoms with E-state index in [4.69, 9.17) is 9.47 Å². The van der Waals surface area contributed by atoms with Crippen molar-refractivity contribution in [1.29, 1.82) is 0 Å². The normalized spacial score (nSPS) is 30.7. The molecule has 1 N–H and O–H groups in total. The van der Waals surface area contributed by atoms with Gasteiger partial charge in [0.2, 0.25) is 0 Å². The summed E-state index contributed by atoms with van der Waals surface area (Å²) >= 11 is 0. The second-order valence-corrected chi connectivity index (χ2v) is 8.14. The molecule has 1 aromatic rings. The number of benzene rings is 1. The van der Waals surface area contributed by atoms with Gasteiger partial charge in [-0.25, -0.2) is 4.79 Å². The van der Waals surface area contributed by atoms with E-state index in [1.54, 1.807) is 0 Å². The van der Waals surface area contributed by atoms with Gasteiger partial charge in [-0.1, -0.05) is 13.0 Å². The molecule has 1 spiro atoms. The second-order valence-electron chi connectivity index (χ2n) is 8.14. The Morgan fingerprint density at radius 3 is 2.73 bits per heavy atom. The Bertz CT molecular complexity index is 795. The summed E-state index contributed by atoms with van der Waals surface area (Å²) in [7, 11) is 0. The Hall–Kier alpha value is -2.24. The van der Waals surface area contributed by atoms with Crippen molar-refractivity contribution in [3.63, 3.8) is 0 Å². The van der Waals surface area contributed by atoms with E-state index in [2.05, 4.69) is 24.4 Å². The van der Waals surface area contributed by atoms with Gasteiger partial charge in [-0.3, -0.25) is 9.69 Å². The molecule has 6 nitrogen and oxygen atoms in total. The summed E-state index contributed by atoms with van der Waals surface area (Å²) in [6.45, 7) is 4.75. The van der Waals surface area contributed by atoms with Crippen molar-refractivity contribution < 1.29 is 19.1 Å². The van der Waals surface area contributed by atoms with Crippen LogP contribution in [0.4, 0.5) is 4.79 Å². The standard InChI is InChI=1S/C20H24N2O4/c1-3-14-18(23)22(19(24)21-14)12-8-13(9-12)26-15-5-4-11(2)17-16(15)20(6-7-20)10-25-17/h4-5,12-14H,3,6-10H2,1-2H3,(H,21,24)/t12-,13-,14-/m0/s1. The smallest absolute Gasteiger partial charge is 0.325 e. The molecule has 2 heterocycles. The zero-order valence-corrected chi connectivity index (χ0v) is 15.2. The van der Waals surface area contributed by atoms with E-state index >= 15 is 0 Å². The van der Waals surface area contributed by atoms with Crippen LogP contribution in [0.25, 0.3) is 0 Å². The zero-order chi connectivity index (χ0) is 18.1. The van der Waals surface area contributed by atoms with Crippen LogP contribution in [0.5, 0.6) is 11.5 Å². The van der Waals surface area contributed by atoms with Crippen molar-refractivity contribution in [3.8, 4) is 11.5 Å². The van der Waals surface area contributed by atoms with Crippen LogP contribution in [-0.4, -0.2) is 41.6 Å². The topological polar surface area (TPSA) is 67.9 Å². The fraction of sp³-hybridized carbons (Fsp3) is 0.600. The second kappa shape index (κ2) is 5.38. The molecule has 2 saturated carbocycles. The molecule has 2 aliphatic carbocycles. The Labute approximate surface area is 152 Å². The number of nitrogens with one attached hydrogen (secondary N) is 1. The molecule has 0 aromatic heterocycles. The summed E-state index contributed by atoms with van der Waals surface area (Å²) in [5, 5.41) is 2.76. The number of aryl methyl sites for hydroxylation is 1. The van der Waals surface area contributed by atoms with E-state index in [1.165, 1.54) is 10.5 Å². The van der Waals surface area contributed by atoms with Crippen LogP contribution in [0.15, 0.2) is 12.1 Å². The van der Waals surface area contributed by atoms with E-state index in [-0.39, 0.29) is 35.5 Å². The first-order valence-electron chi connectivity index (χ1n) is 9.59. The summed E-state index contributed by atoms with van der Waals surface area (Å²) in [5.41, 5.74) is 2.56. The van der Waals surface area contributed by atoms with Crippen molar-refractivity contribution in [1.82, 2.24) is 10.2 Å². The molecular weight excluding hydrogens is 332 g/mol. The molecule has 2 aliphatic heterocycles. The van der Waals surface area contributed by atoms with Gasteiger partial charge in [0.15, 0.2) is 0 Å². The van der Waals surface area contributed by atoms with E-state index in [9.17, 15) is 9.59 Å². The van der Waals surface area contributed by atoms with Gasteiger partial charge in [0.05, 0.1) is 6.61 Å². The van der Waals surface area contributed by atoms with Crippen LogP contribution in [0.3, 0.4) is 0 Å². The lowest BCUT2D eigenvalue weighted by Gasteiger charge is -2.39. The van der Waals surface area contributed by atoms with E-state index in [0.717, 1.165) is 36.5 Å². The predicted octanol–water partition coefficient (Wildman–Crippen LogP) is 2.66. The number of ether oxygens (including phenoxy) is 2. The van der Waals surface area contributed by atoms with Crippen LogP contribution < -0.4 is 14.8 Å². The maximum Gasteiger partial charge on any atom is 0.325 e. The average Bonchev–Trinajstić information content (AvgIpc) is 3.18. The van der Waals surface area contributed by atoms with Crippen LogP contribution in [-0.2, 0) is 10.2 Å². The Balaban J connectivity index is 1.29. The summed E-state index contributed by atoms with van der Waals surface area (Å²) in [6, 6.07) is 3.43. The minimum absolute atomic E-state index is 0.0458. The summed E-state index contributed by atoms with van der Waals surface area (Å²) in [5.74, 6) is 1.82. The largest absolute Gasteiger partial charge is 0.492 e. The van der Waals surface area contributed by atoms with E-state index in [1.807, 2.05) is 6.92 Å². The third-order valence-corrected chi connectivity index (χ3v) is 6.38. The lowest BCUT2D eigenvalue weighted by molar-refractivity contribution is -0.131. The predicted molar refractivity (Wildman–Crippen MR) is 94.5 cm³/mol. The molecule has 0 radical (unpaired) electrons. The number of rotatable bonds is 4. The third-order valence-electron chi connectivity index (χ3n) is 6.38. The molecule has 5 rings (SSSR count). The van der Waals surface area contributed by atoms with Gasteiger partial charge >= 0.3 is 6.03 Å². The monoisotopic (exact) mass is 356 g/mol. The molecule has 1 saturated heterocycles. The van der Waals surface area contributed by atoms with Crippen molar-refractivity contribution >= 4 is 11.9 Å². The molecule has 0 unspecified atom stereocenters. The SMILES string of the molecule is CC[C@@H]1NC(=O)N([C@H]2C[C@H](Oc3ccc(C)c4c3C3(CC3)CO4)C2)C1=O. The first-order chi connectivity index (χ1) is 12.5. The Kier molecular flexibility index (Phi) is 3.30. The van der Waals surface area contributed by atoms with Crippen molar-refractivity contribution in [3.05, 3.63) is 23.3 Å². The van der Waals surface area contributed by atoms with Crippen molar-refractivity contribution in [2.24, 2.45) is 0 Å². The molecule has 6 heteroatoms. The van der Waals surface area contributed by atoms with Crippen LogP contribution in [0.2, 0.25) is 0 Å². The number of carbonyl (C=O) groups excluding carboxylic acids is 2. The molecule has 1 atom stereocenters. The lowest BCUT2D eigenvalue weighted by atomic mass is 9.87. The quantitative estimate of drug-likeness (QED) is 0.842. The van der Waals surface area contributed by atoms with Crippen molar-refractivity contribution in [2.75, 3.05) is 6.61 Å². The first-order valence-corrected chi connectivity index (χ1v) is 9.59. The number of hydrogen-bond acceptors (Lipinski definition) is 4. The van der Waals surface area contributed by atoms with Gasteiger partial charge in [0.1, 0.15) is 23.6 Å². The highest BCUT2D eigenvalue weighted by molar-refractivity contribution is 6.04. The number of amides is 3. The number of hydrogen-bond donors (Lipinski definition) is 1. The lowest BCUT2D eigenvalue weighted by Crippen LogP contribution is -2.52. The zero-order valence-electron chi connectivity index (χ0n) is 15.2. The fourth-order valence-corrected chi connectivity index (χ4v) is 4.48. The maximum atomic E-state index is 12.3. The minimum Gasteiger partial charge on any atom is -0.492 e. The molecule has 138 valence electrons. The van der Waals surface area contributed by atoms with Crippen LogP contribution >= 0.6 is 0 Å². The minimum atomic E-state index is -0.366. The molecular formula is C20H24N2O4. The molecule has 3 amide bonds. The van der Waals surface area contributed by atoms with Crippen LogP contribution in [0, 0.1) is 6.92 Å². The highest BCUT2D eigenvalue weighted by Crippen LogP contribution is 2.59. The van der Waals surface area contributed by atoms with Gasteiger partial charge in [0, 0.05) is 29.9 Å². The molecule has 3 fully saturated rings. The summed E-state index contributed by atoms with van der Waals surface area (Å²) < 4.78 is 12.2. The number of imide groups is 1. The van der Waals surface area contributed by atoms with Gasteiger partial charge in [0.25, 0.3) is 5.91 Å². The molecule has 4 aliphatic rings. The average molecular weight is 356 g/mol. The highest BCUT2D eigenvalue weighted by Gasteiger charge is 2.54. The number of urea groups is 1. The summed E-state index contributed by atoms with van der Waals surface area (Å²) in [4.78, 5) is 25.8. The maximum absolute atomic E-state index is 12.3. The fourth-order valence-electron chi connectivity index (χ4n) is 4.48. The van der Waals surface area contributed by atoms with Gasteiger partial charge in [-0.05, 0) is 37.8 Å². The van der Waals surface area contributed by atoms with Crippen LogP contribution in [0.1, 0.15) is 50.2 Å². The third kappa shape index (κ3) is 2.17. The number of carbonyl (C=O) groups is 2. The first kappa shape index (κ1) is 16.0. The van der Waals surface area contributed by atoms with E-state index < -0.39 is 0 Å². The van der Waals surface area contributed by atoms with Gasteiger partial charge < -0.3 is 14.8 Å². The Morgan fingerprint density at radius 2 is 2.08 bits per heavy atom. The molecule has 0 bridgehead atoms. The van der Waals surface area contributed by atoms with E-state index in [0.29, 0.717) is 19.3 Å².